The number of oxime groups is 1. The van der Waals surface area contributed by atoms with Gasteiger partial charge in [-0.25, -0.2) is 9.97 Å². The Balaban J connectivity index is 3.05. The molecule has 0 spiro atoms. The van der Waals surface area contributed by atoms with Crippen LogP contribution in [0.5, 0.6) is 0 Å². The van der Waals surface area contributed by atoms with Crippen LogP contribution >= 0.6 is 0 Å². The largest absolute Gasteiger partial charge is 0.411 e. The molecule has 0 saturated heterocycles. The van der Waals surface area contributed by atoms with Gasteiger partial charge in [-0.05, 0) is 0 Å². The van der Waals surface area contributed by atoms with Crippen molar-refractivity contribution in [1.29, 1.82) is 0 Å². The molecule has 0 aliphatic rings. The molecule has 1 rings (SSSR count). The first-order valence-electron chi connectivity index (χ1n) is 3.67. The molecule has 0 amide bonds. The summed E-state index contributed by atoms with van der Waals surface area (Å²) in [7, 11) is 0. The maximum absolute atomic E-state index is 8.66. The number of rotatable bonds is 3. The van der Waals surface area contributed by atoms with Crippen molar-refractivity contribution in [3.05, 3.63) is 30.7 Å². The highest BCUT2D eigenvalue weighted by molar-refractivity contribution is 6.04. The Labute approximate surface area is 75.6 Å². The third-order valence-electron chi connectivity index (χ3n) is 1.51. The molecule has 13 heavy (non-hydrogen) atoms. The van der Waals surface area contributed by atoms with Crippen molar-refractivity contribution in [2.75, 3.05) is 5.73 Å². The Hall–Kier alpha value is -1.91. The lowest BCUT2D eigenvalue weighted by Crippen LogP contribution is -2.06. The zero-order valence-corrected chi connectivity index (χ0v) is 7.01. The van der Waals surface area contributed by atoms with E-state index < -0.39 is 0 Å². The minimum absolute atomic E-state index is 0.296. The lowest BCUT2D eigenvalue weighted by Gasteiger charge is -2.02. The maximum Gasteiger partial charge on any atom is 0.136 e. The van der Waals surface area contributed by atoms with Crippen molar-refractivity contribution in [2.45, 2.75) is 6.42 Å². The molecule has 0 bridgehead atoms. The molecule has 5 heteroatoms. The van der Waals surface area contributed by atoms with Crippen LogP contribution in [0.15, 0.2) is 30.3 Å². The van der Waals surface area contributed by atoms with Crippen molar-refractivity contribution in [1.82, 2.24) is 9.97 Å². The number of nitrogen functional groups attached to an aromatic ring is 1. The van der Waals surface area contributed by atoms with Crippen molar-refractivity contribution >= 4 is 11.5 Å². The highest BCUT2D eigenvalue weighted by atomic mass is 16.4. The lowest BCUT2D eigenvalue weighted by atomic mass is 10.1. The first-order valence-corrected chi connectivity index (χ1v) is 3.67. The lowest BCUT2D eigenvalue weighted by molar-refractivity contribution is 0.318. The molecule has 0 fully saturated rings. The van der Waals surface area contributed by atoms with Gasteiger partial charge >= 0.3 is 0 Å². The van der Waals surface area contributed by atoms with Gasteiger partial charge in [-0.15, -0.1) is 6.58 Å². The number of nitrogens with zero attached hydrogens (tertiary/aromatic N) is 3. The Bertz CT molecular complexity index is 335. The van der Waals surface area contributed by atoms with Gasteiger partial charge in [-0.1, -0.05) is 11.2 Å². The van der Waals surface area contributed by atoms with Crippen LogP contribution in [0.3, 0.4) is 0 Å². The third-order valence-corrected chi connectivity index (χ3v) is 1.51. The second-order valence-electron chi connectivity index (χ2n) is 2.36. The topological polar surface area (TPSA) is 84.4 Å². The van der Waals surface area contributed by atoms with Crippen molar-refractivity contribution in [2.24, 2.45) is 5.16 Å². The van der Waals surface area contributed by atoms with Crippen molar-refractivity contribution in [3.8, 4) is 0 Å². The highest BCUT2D eigenvalue weighted by Crippen LogP contribution is 2.09. The van der Waals surface area contributed by atoms with Crippen LogP contribution in [-0.2, 0) is 0 Å². The van der Waals surface area contributed by atoms with Crippen LogP contribution < -0.4 is 5.73 Å². The molecule has 0 radical (unpaired) electrons. The Kier molecular flexibility index (Phi) is 2.97. The summed E-state index contributed by atoms with van der Waals surface area (Å²) in [5.74, 6) is 0.296. The van der Waals surface area contributed by atoms with E-state index in [0.29, 0.717) is 23.5 Å². The molecule has 68 valence electrons. The molecular formula is C8H10N4O. The monoisotopic (exact) mass is 178 g/mol. The first-order chi connectivity index (χ1) is 6.29. The molecule has 0 aliphatic heterocycles. The summed E-state index contributed by atoms with van der Waals surface area (Å²) >= 11 is 0. The van der Waals surface area contributed by atoms with E-state index in [2.05, 4.69) is 21.7 Å². The minimum atomic E-state index is 0.296. The summed E-state index contributed by atoms with van der Waals surface area (Å²) < 4.78 is 0. The smallest absolute Gasteiger partial charge is 0.136 e. The van der Waals surface area contributed by atoms with Gasteiger partial charge in [0.1, 0.15) is 12.1 Å². The van der Waals surface area contributed by atoms with Gasteiger partial charge in [0.05, 0.1) is 11.3 Å². The molecule has 3 N–H and O–H groups in total. The van der Waals surface area contributed by atoms with Crippen LogP contribution in [-0.4, -0.2) is 20.9 Å². The van der Waals surface area contributed by atoms with E-state index in [1.165, 1.54) is 12.5 Å². The zero-order valence-electron chi connectivity index (χ0n) is 7.01. The van der Waals surface area contributed by atoms with Gasteiger partial charge in [0.15, 0.2) is 0 Å². The predicted octanol–water partition coefficient (Wildman–Crippen LogP) is 0.813. The van der Waals surface area contributed by atoms with Crippen molar-refractivity contribution < 1.29 is 5.21 Å². The molecule has 0 aliphatic carbocycles. The fraction of sp³-hybridized carbons (Fsp3) is 0.125. The number of aromatic nitrogens is 2. The summed E-state index contributed by atoms with van der Waals surface area (Å²) in [6.45, 7) is 3.53. The Morgan fingerprint density at radius 2 is 2.54 bits per heavy atom. The van der Waals surface area contributed by atoms with E-state index in [1.807, 2.05) is 0 Å². The molecule has 1 aromatic heterocycles. The standard InChI is InChI=1S/C8H10N4O/c1-2-3-7(12-13)6-4-10-5-11-8(6)9/h2,4-5,13H,1,3H2,(H2,9,10,11). The SMILES string of the molecule is C=CCC(=NO)c1cncnc1N. The van der Waals surface area contributed by atoms with Gasteiger partial charge in [-0.3, -0.25) is 0 Å². The van der Waals surface area contributed by atoms with Gasteiger partial charge in [0.2, 0.25) is 0 Å². The molecular weight excluding hydrogens is 168 g/mol. The average Bonchev–Trinajstić information content (AvgIpc) is 2.16. The first kappa shape index (κ1) is 9.18. The molecule has 0 aromatic carbocycles. The highest BCUT2D eigenvalue weighted by Gasteiger charge is 2.07. The van der Waals surface area contributed by atoms with E-state index in [-0.39, 0.29) is 0 Å². The molecule has 0 atom stereocenters. The van der Waals surface area contributed by atoms with Crippen LogP contribution in [0.2, 0.25) is 0 Å². The van der Waals surface area contributed by atoms with Gasteiger partial charge in [0, 0.05) is 12.6 Å². The van der Waals surface area contributed by atoms with E-state index in [9.17, 15) is 0 Å². The Morgan fingerprint density at radius 3 is 3.08 bits per heavy atom. The second kappa shape index (κ2) is 4.20. The number of allylic oxidation sites excluding steroid dienone is 1. The quantitative estimate of drug-likeness (QED) is 0.310. The zero-order chi connectivity index (χ0) is 9.68. The normalized spacial score (nSPS) is 11.2. The number of hydrogen-bond donors (Lipinski definition) is 2. The fourth-order valence-corrected chi connectivity index (χ4v) is 0.903. The van der Waals surface area contributed by atoms with E-state index >= 15 is 0 Å². The van der Waals surface area contributed by atoms with Gasteiger partial charge in [-0.2, -0.15) is 0 Å². The van der Waals surface area contributed by atoms with Crippen LogP contribution in [0, 0.1) is 0 Å². The van der Waals surface area contributed by atoms with Crippen LogP contribution in [0.4, 0.5) is 5.82 Å². The molecule has 0 unspecified atom stereocenters. The second-order valence-corrected chi connectivity index (χ2v) is 2.36. The summed E-state index contributed by atoms with van der Waals surface area (Å²) in [6.07, 6.45) is 4.87. The van der Waals surface area contributed by atoms with Gasteiger partial charge < -0.3 is 10.9 Å². The molecule has 5 nitrogen and oxygen atoms in total. The van der Waals surface area contributed by atoms with Crippen LogP contribution in [0.25, 0.3) is 0 Å². The Morgan fingerprint density at radius 1 is 1.77 bits per heavy atom. The van der Waals surface area contributed by atoms with Crippen LogP contribution in [0.1, 0.15) is 12.0 Å². The van der Waals surface area contributed by atoms with E-state index in [1.54, 1.807) is 6.08 Å². The average molecular weight is 178 g/mol. The molecule has 1 aromatic rings. The fourth-order valence-electron chi connectivity index (χ4n) is 0.903. The summed E-state index contributed by atoms with van der Waals surface area (Å²) in [4.78, 5) is 7.55. The number of nitrogens with two attached hydrogens (primary N) is 1. The van der Waals surface area contributed by atoms with Crippen molar-refractivity contribution in [3.63, 3.8) is 0 Å². The number of anilines is 1. The third kappa shape index (κ3) is 2.02. The number of hydrogen-bond acceptors (Lipinski definition) is 5. The van der Waals surface area contributed by atoms with E-state index in [4.69, 9.17) is 10.9 Å². The molecule has 0 saturated carbocycles. The minimum Gasteiger partial charge on any atom is -0.411 e. The van der Waals surface area contributed by atoms with E-state index in [0.717, 1.165) is 0 Å². The van der Waals surface area contributed by atoms with Gasteiger partial charge in [0.25, 0.3) is 0 Å². The summed E-state index contributed by atoms with van der Waals surface area (Å²) in [6, 6.07) is 0. The molecule has 1 heterocycles. The summed E-state index contributed by atoms with van der Waals surface area (Å²) in [5, 5.41) is 11.8. The summed E-state index contributed by atoms with van der Waals surface area (Å²) in [5.41, 5.74) is 6.49. The maximum atomic E-state index is 8.66. The predicted molar refractivity (Wildman–Crippen MR) is 49.6 cm³/mol.